The third-order valence-electron chi connectivity index (χ3n) is 3.84. The topological polar surface area (TPSA) is 56.7 Å². The van der Waals surface area contributed by atoms with Crippen LogP contribution in [0.5, 0.6) is 0 Å². The minimum atomic E-state index is 0.390. The van der Waals surface area contributed by atoms with E-state index in [-0.39, 0.29) is 0 Å². The van der Waals surface area contributed by atoms with Crippen molar-refractivity contribution < 1.29 is 0 Å². The third kappa shape index (κ3) is 1.45. The number of thiocarbonyl (C=S) groups is 1. The molecule has 1 aromatic heterocycles. The molecular weight excluding hydrogens is 220 g/mol. The van der Waals surface area contributed by atoms with Crippen LogP contribution in [0.4, 0.5) is 0 Å². The molecule has 2 aliphatic carbocycles. The average molecular weight is 236 g/mol. The molecule has 0 amide bonds. The van der Waals surface area contributed by atoms with Crippen LogP contribution >= 0.6 is 12.2 Å². The smallest absolute Gasteiger partial charge is 0.143 e. The zero-order chi connectivity index (χ0) is 11.3. The highest BCUT2D eigenvalue weighted by Crippen LogP contribution is 2.46. The molecule has 2 unspecified atom stereocenters. The summed E-state index contributed by atoms with van der Waals surface area (Å²) in [6.07, 6.45) is 4.96. The van der Waals surface area contributed by atoms with E-state index < -0.39 is 0 Å². The molecular formula is C11H16N4S. The summed E-state index contributed by atoms with van der Waals surface area (Å²) in [5.74, 6) is 1.30. The highest BCUT2D eigenvalue weighted by Gasteiger charge is 2.40. The second-order valence-electron chi connectivity index (χ2n) is 5.04. The molecule has 0 bridgehead atoms. The number of hydrogen-bond donors (Lipinski definition) is 1. The van der Waals surface area contributed by atoms with Gasteiger partial charge in [-0.25, -0.2) is 4.68 Å². The molecule has 0 aromatic carbocycles. The summed E-state index contributed by atoms with van der Waals surface area (Å²) in [6, 6.07) is 0.534. The minimum Gasteiger partial charge on any atom is -0.388 e. The van der Waals surface area contributed by atoms with Gasteiger partial charge in [-0.2, -0.15) is 0 Å². The summed E-state index contributed by atoms with van der Waals surface area (Å²) >= 11 is 5.05. The van der Waals surface area contributed by atoms with Gasteiger partial charge in [0.1, 0.15) is 10.7 Å². The first-order chi connectivity index (χ1) is 7.68. The molecule has 2 fully saturated rings. The maximum absolute atomic E-state index is 5.72. The van der Waals surface area contributed by atoms with Crippen LogP contribution in [0.2, 0.25) is 0 Å². The van der Waals surface area contributed by atoms with Gasteiger partial charge in [0, 0.05) is 5.92 Å². The zero-order valence-electron chi connectivity index (χ0n) is 9.39. The molecule has 86 valence electrons. The zero-order valence-corrected chi connectivity index (χ0v) is 10.2. The van der Waals surface area contributed by atoms with Crippen LogP contribution in [0.3, 0.4) is 0 Å². The Hall–Kier alpha value is -0.970. The molecule has 3 rings (SSSR count). The standard InChI is InChI=1S/C11H16N4S/c1-6-5-8(6)15-10(7-3-2-4-7)9(11(12)16)13-14-15/h6-8H,2-5H2,1H3,(H2,12,16). The minimum absolute atomic E-state index is 0.390. The molecule has 0 saturated heterocycles. The Kier molecular flexibility index (Phi) is 2.24. The SMILES string of the molecule is CC1CC1n1nnc(C(N)=S)c1C1CCC1. The number of hydrogen-bond acceptors (Lipinski definition) is 3. The Morgan fingerprint density at radius 1 is 1.50 bits per heavy atom. The highest BCUT2D eigenvalue weighted by molar-refractivity contribution is 7.80. The average Bonchev–Trinajstić information content (AvgIpc) is 2.72. The Morgan fingerprint density at radius 2 is 2.19 bits per heavy atom. The Bertz CT molecular complexity index is 435. The number of rotatable bonds is 3. The van der Waals surface area contributed by atoms with E-state index in [0.29, 0.717) is 16.9 Å². The Balaban J connectivity index is 2.00. The lowest BCUT2D eigenvalue weighted by atomic mass is 9.82. The summed E-state index contributed by atoms with van der Waals surface area (Å²) in [5.41, 5.74) is 7.68. The first-order valence-electron chi connectivity index (χ1n) is 5.93. The molecule has 2 atom stereocenters. The van der Waals surface area contributed by atoms with E-state index in [1.54, 1.807) is 0 Å². The number of aromatic nitrogens is 3. The van der Waals surface area contributed by atoms with Gasteiger partial charge in [0.2, 0.25) is 0 Å². The van der Waals surface area contributed by atoms with E-state index in [4.69, 9.17) is 18.0 Å². The van der Waals surface area contributed by atoms with Crippen LogP contribution in [0.15, 0.2) is 0 Å². The van der Waals surface area contributed by atoms with Crippen molar-refractivity contribution in [3.05, 3.63) is 11.4 Å². The van der Waals surface area contributed by atoms with Gasteiger partial charge in [0.05, 0.1) is 11.7 Å². The van der Waals surface area contributed by atoms with Crippen LogP contribution < -0.4 is 5.73 Å². The van der Waals surface area contributed by atoms with Gasteiger partial charge in [0.25, 0.3) is 0 Å². The molecule has 2 N–H and O–H groups in total. The molecule has 4 nitrogen and oxygen atoms in total. The van der Waals surface area contributed by atoms with Crippen molar-refractivity contribution in [3.8, 4) is 0 Å². The molecule has 0 aliphatic heterocycles. The monoisotopic (exact) mass is 236 g/mol. The highest BCUT2D eigenvalue weighted by atomic mass is 32.1. The van der Waals surface area contributed by atoms with Gasteiger partial charge in [-0.15, -0.1) is 5.10 Å². The van der Waals surface area contributed by atoms with Crippen molar-refractivity contribution >= 4 is 17.2 Å². The lowest BCUT2D eigenvalue weighted by molar-refractivity contribution is 0.385. The molecule has 5 heteroatoms. The second kappa shape index (κ2) is 3.52. The summed E-state index contributed by atoms with van der Waals surface area (Å²) in [4.78, 5) is 0.390. The lowest BCUT2D eigenvalue weighted by Crippen LogP contribution is -2.20. The van der Waals surface area contributed by atoms with Crippen LogP contribution in [0.25, 0.3) is 0 Å². The fourth-order valence-corrected chi connectivity index (χ4v) is 2.57. The molecule has 0 radical (unpaired) electrons. The van der Waals surface area contributed by atoms with Crippen LogP contribution in [0.1, 0.15) is 56.0 Å². The number of nitrogens with two attached hydrogens (primary N) is 1. The van der Waals surface area contributed by atoms with E-state index in [2.05, 4.69) is 21.9 Å². The summed E-state index contributed by atoms with van der Waals surface area (Å²) in [7, 11) is 0. The normalized spacial score (nSPS) is 28.8. The van der Waals surface area contributed by atoms with E-state index in [1.165, 1.54) is 31.4 Å². The Labute approximate surface area is 100 Å². The van der Waals surface area contributed by atoms with Crippen molar-refractivity contribution in [1.29, 1.82) is 0 Å². The second-order valence-corrected chi connectivity index (χ2v) is 5.48. The van der Waals surface area contributed by atoms with Gasteiger partial charge in [0.15, 0.2) is 0 Å². The molecule has 1 aromatic rings. The van der Waals surface area contributed by atoms with Crippen molar-refractivity contribution in [2.24, 2.45) is 11.7 Å². The predicted octanol–water partition coefficient (Wildman–Crippen LogP) is 1.76. The Morgan fingerprint density at radius 3 is 2.62 bits per heavy atom. The van der Waals surface area contributed by atoms with E-state index in [1.807, 2.05) is 0 Å². The van der Waals surface area contributed by atoms with Gasteiger partial charge >= 0.3 is 0 Å². The maximum Gasteiger partial charge on any atom is 0.143 e. The molecule has 0 spiro atoms. The van der Waals surface area contributed by atoms with Gasteiger partial charge in [-0.1, -0.05) is 30.8 Å². The van der Waals surface area contributed by atoms with E-state index in [0.717, 1.165) is 11.6 Å². The van der Waals surface area contributed by atoms with Crippen LogP contribution in [-0.2, 0) is 0 Å². The van der Waals surface area contributed by atoms with Crippen molar-refractivity contribution in [2.45, 2.75) is 44.6 Å². The molecule has 2 saturated carbocycles. The number of nitrogens with zero attached hydrogens (tertiary/aromatic N) is 3. The summed E-state index contributed by atoms with van der Waals surface area (Å²) in [5, 5.41) is 8.41. The van der Waals surface area contributed by atoms with Crippen LogP contribution in [-0.4, -0.2) is 20.0 Å². The van der Waals surface area contributed by atoms with Gasteiger partial charge in [-0.3, -0.25) is 0 Å². The largest absolute Gasteiger partial charge is 0.388 e. The summed E-state index contributed by atoms with van der Waals surface area (Å²) in [6.45, 7) is 2.25. The van der Waals surface area contributed by atoms with Crippen molar-refractivity contribution in [1.82, 2.24) is 15.0 Å². The maximum atomic E-state index is 5.72. The quantitative estimate of drug-likeness (QED) is 0.812. The van der Waals surface area contributed by atoms with Crippen molar-refractivity contribution in [2.75, 3.05) is 0 Å². The predicted molar refractivity (Wildman–Crippen MR) is 65.3 cm³/mol. The molecule has 16 heavy (non-hydrogen) atoms. The van der Waals surface area contributed by atoms with E-state index >= 15 is 0 Å². The first kappa shape index (κ1) is 10.2. The van der Waals surface area contributed by atoms with Crippen LogP contribution in [0, 0.1) is 5.92 Å². The summed E-state index contributed by atoms with van der Waals surface area (Å²) < 4.78 is 2.09. The van der Waals surface area contributed by atoms with E-state index in [9.17, 15) is 0 Å². The molecule has 1 heterocycles. The first-order valence-corrected chi connectivity index (χ1v) is 6.34. The molecule has 2 aliphatic rings. The fraction of sp³-hybridized carbons (Fsp3) is 0.727. The lowest BCUT2D eigenvalue weighted by Gasteiger charge is -2.26. The van der Waals surface area contributed by atoms with Crippen molar-refractivity contribution in [3.63, 3.8) is 0 Å². The third-order valence-corrected chi connectivity index (χ3v) is 4.03. The fourth-order valence-electron chi connectivity index (χ4n) is 2.43. The van der Waals surface area contributed by atoms with Gasteiger partial charge in [-0.05, 0) is 25.2 Å². The van der Waals surface area contributed by atoms with Gasteiger partial charge < -0.3 is 5.73 Å².